The first-order chi connectivity index (χ1) is 13.0. The van der Waals surface area contributed by atoms with Crippen molar-refractivity contribution in [1.82, 2.24) is 0 Å². The highest BCUT2D eigenvalue weighted by Crippen LogP contribution is 2.37. The van der Waals surface area contributed by atoms with E-state index < -0.39 is 24.4 Å². The number of fused-ring (bicyclic) bond motifs is 1. The molecule has 0 aliphatic heterocycles. The number of aryl methyl sites for hydroxylation is 1. The average molecular weight is 405 g/mol. The van der Waals surface area contributed by atoms with Crippen molar-refractivity contribution in [3.8, 4) is 0 Å². The van der Waals surface area contributed by atoms with Crippen molar-refractivity contribution >= 4 is 45.9 Å². The summed E-state index contributed by atoms with van der Waals surface area (Å²) in [6.45, 7) is -0.394. The summed E-state index contributed by atoms with van der Waals surface area (Å²) >= 11 is 2.73. The number of thioether (sulfide) groups is 1. The van der Waals surface area contributed by atoms with Crippen LogP contribution in [0.5, 0.6) is 0 Å². The molecule has 1 aliphatic carbocycles. The number of anilines is 1. The summed E-state index contributed by atoms with van der Waals surface area (Å²) in [4.78, 5) is 37.8. The molecule has 3 rings (SSSR count). The van der Waals surface area contributed by atoms with Gasteiger partial charge in [0.05, 0.1) is 11.3 Å². The zero-order valence-electron chi connectivity index (χ0n) is 14.7. The van der Waals surface area contributed by atoms with E-state index in [9.17, 15) is 14.4 Å². The quantitative estimate of drug-likeness (QED) is 0.546. The SMILES string of the molecule is NC(=O)c1c(NC(=O)COC(=O)CSc2ccccc2)sc2c1CCCC2. The van der Waals surface area contributed by atoms with Crippen molar-refractivity contribution in [2.24, 2.45) is 5.73 Å². The van der Waals surface area contributed by atoms with Crippen molar-refractivity contribution in [2.75, 3.05) is 17.7 Å². The third-order valence-corrected chi connectivity index (χ3v) is 6.33. The van der Waals surface area contributed by atoms with E-state index in [0.29, 0.717) is 10.6 Å². The molecule has 1 heterocycles. The number of hydrogen-bond acceptors (Lipinski definition) is 6. The molecule has 0 unspecified atom stereocenters. The Hall–Kier alpha value is -2.32. The molecule has 0 spiro atoms. The lowest BCUT2D eigenvalue weighted by atomic mass is 9.95. The van der Waals surface area contributed by atoms with Crippen molar-refractivity contribution in [3.63, 3.8) is 0 Å². The van der Waals surface area contributed by atoms with E-state index in [1.54, 1.807) is 0 Å². The van der Waals surface area contributed by atoms with E-state index in [-0.39, 0.29) is 5.75 Å². The van der Waals surface area contributed by atoms with Gasteiger partial charge in [-0.15, -0.1) is 23.1 Å². The maximum absolute atomic E-state index is 12.1. The number of rotatable bonds is 7. The van der Waals surface area contributed by atoms with Crippen molar-refractivity contribution < 1.29 is 19.1 Å². The lowest BCUT2D eigenvalue weighted by Crippen LogP contribution is -2.23. The van der Waals surface area contributed by atoms with Crippen molar-refractivity contribution in [1.29, 1.82) is 0 Å². The van der Waals surface area contributed by atoms with Gasteiger partial charge in [0.15, 0.2) is 6.61 Å². The molecule has 1 aromatic carbocycles. The molecule has 0 bridgehead atoms. The monoisotopic (exact) mass is 404 g/mol. The van der Waals surface area contributed by atoms with E-state index >= 15 is 0 Å². The standard InChI is InChI=1S/C19H20N2O4S2/c20-18(24)17-13-8-4-5-9-14(13)27-19(17)21-15(22)10-25-16(23)11-26-12-6-2-1-3-7-12/h1-3,6-7H,4-5,8-11H2,(H2,20,24)(H,21,22). The summed E-state index contributed by atoms with van der Waals surface area (Å²) in [6, 6.07) is 9.47. The molecule has 8 heteroatoms. The minimum atomic E-state index is -0.541. The molecule has 2 aromatic rings. The summed E-state index contributed by atoms with van der Waals surface area (Å²) in [6.07, 6.45) is 3.76. The first kappa shape index (κ1) is 19.4. The maximum Gasteiger partial charge on any atom is 0.316 e. The maximum atomic E-state index is 12.1. The van der Waals surface area contributed by atoms with E-state index in [0.717, 1.165) is 41.0 Å². The number of amides is 2. The Bertz CT molecular complexity index is 849. The summed E-state index contributed by atoms with van der Waals surface area (Å²) in [7, 11) is 0. The number of esters is 1. The normalized spacial score (nSPS) is 12.9. The highest BCUT2D eigenvalue weighted by molar-refractivity contribution is 8.00. The number of hydrogen-bond donors (Lipinski definition) is 2. The molecule has 0 saturated heterocycles. The largest absolute Gasteiger partial charge is 0.455 e. The first-order valence-electron chi connectivity index (χ1n) is 8.62. The van der Waals surface area contributed by atoms with Crippen LogP contribution in [0, 0.1) is 0 Å². The van der Waals surface area contributed by atoms with Crippen LogP contribution in [0.15, 0.2) is 35.2 Å². The Labute approximate surface area is 165 Å². The molecule has 27 heavy (non-hydrogen) atoms. The molecule has 0 atom stereocenters. The highest BCUT2D eigenvalue weighted by Gasteiger charge is 2.25. The van der Waals surface area contributed by atoms with Crippen LogP contribution in [-0.2, 0) is 27.2 Å². The minimum Gasteiger partial charge on any atom is -0.455 e. The molecule has 1 aliphatic rings. The fourth-order valence-electron chi connectivity index (χ4n) is 2.92. The third kappa shape index (κ3) is 5.11. The molecule has 0 saturated carbocycles. The number of nitrogens with one attached hydrogen (secondary N) is 1. The van der Waals surface area contributed by atoms with Gasteiger partial charge in [-0.1, -0.05) is 18.2 Å². The Balaban J connectivity index is 1.53. The molecule has 3 N–H and O–H groups in total. The topological polar surface area (TPSA) is 98.5 Å². The Morgan fingerprint density at radius 2 is 1.89 bits per heavy atom. The number of primary amides is 1. The van der Waals surface area contributed by atoms with Gasteiger partial charge < -0.3 is 15.8 Å². The number of nitrogens with two attached hydrogens (primary N) is 1. The summed E-state index contributed by atoms with van der Waals surface area (Å²) < 4.78 is 5.02. The predicted molar refractivity (Wildman–Crippen MR) is 106 cm³/mol. The lowest BCUT2D eigenvalue weighted by Gasteiger charge is -2.11. The van der Waals surface area contributed by atoms with Crippen LogP contribution in [0.1, 0.15) is 33.6 Å². The number of thiophene rings is 1. The lowest BCUT2D eigenvalue weighted by molar-refractivity contribution is -0.144. The van der Waals surface area contributed by atoms with Gasteiger partial charge >= 0.3 is 5.97 Å². The highest BCUT2D eigenvalue weighted by atomic mass is 32.2. The molecule has 1 aromatic heterocycles. The smallest absolute Gasteiger partial charge is 0.316 e. The fourth-order valence-corrected chi connectivity index (χ4v) is 4.95. The van der Waals surface area contributed by atoms with Gasteiger partial charge in [-0.25, -0.2) is 0 Å². The predicted octanol–water partition coefficient (Wildman–Crippen LogP) is 3.00. The second-order valence-corrected chi connectivity index (χ2v) is 8.24. The third-order valence-electron chi connectivity index (χ3n) is 4.13. The van der Waals surface area contributed by atoms with Crippen LogP contribution in [0.2, 0.25) is 0 Å². The molecule has 0 fully saturated rings. The fraction of sp³-hybridized carbons (Fsp3) is 0.316. The van der Waals surface area contributed by atoms with Gasteiger partial charge in [0.25, 0.3) is 11.8 Å². The Morgan fingerprint density at radius 3 is 2.63 bits per heavy atom. The zero-order chi connectivity index (χ0) is 19.2. The van der Waals surface area contributed by atoms with E-state index in [2.05, 4.69) is 5.32 Å². The molecular weight excluding hydrogens is 384 g/mol. The molecule has 2 amide bonds. The van der Waals surface area contributed by atoms with Crippen molar-refractivity contribution in [3.05, 3.63) is 46.3 Å². The average Bonchev–Trinajstić information content (AvgIpc) is 3.03. The molecule has 6 nitrogen and oxygen atoms in total. The van der Waals surface area contributed by atoms with Crippen LogP contribution in [-0.4, -0.2) is 30.1 Å². The van der Waals surface area contributed by atoms with Crippen LogP contribution in [0.3, 0.4) is 0 Å². The van der Waals surface area contributed by atoms with Gasteiger partial charge in [0.2, 0.25) is 0 Å². The minimum absolute atomic E-state index is 0.122. The summed E-state index contributed by atoms with van der Waals surface area (Å²) in [5.41, 5.74) is 6.85. The van der Waals surface area contributed by atoms with E-state index in [4.69, 9.17) is 10.5 Å². The van der Waals surface area contributed by atoms with Gasteiger partial charge in [-0.3, -0.25) is 14.4 Å². The van der Waals surface area contributed by atoms with Crippen LogP contribution in [0.25, 0.3) is 0 Å². The summed E-state index contributed by atoms with van der Waals surface area (Å²) in [5.74, 6) is -1.37. The second-order valence-electron chi connectivity index (χ2n) is 6.09. The van der Waals surface area contributed by atoms with E-state index in [1.165, 1.54) is 23.1 Å². The molecule has 142 valence electrons. The van der Waals surface area contributed by atoms with Crippen LogP contribution >= 0.6 is 23.1 Å². The molecular formula is C19H20N2O4S2. The van der Waals surface area contributed by atoms with Gasteiger partial charge in [0.1, 0.15) is 5.00 Å². The number of carbonyl (C=O) groups excluding carboxylic acids is 3. The Kier molecular flexibility index (Phi) is 6.52. The number of benzene rings is 1. The zero-order valence-corrected chi connectivity index (χ0v) is 16.3. The van der Waals surface area contributed by atoms with Gasteiger partial charge in [0, 0.05) is 9.77 Å². The number of ether oxygens (including phenoxy) is 1. The van der Waals surface area contributed by atoms with E-state index in [1.807, 2.05) is 30.3 Å². The van der Waals surface area contributed by atoms with Gasteiger partial charge in [-0.2, -0.15) is 0 Å². The van der Waals surface area contributed by atoms with Crippen LogP contribution < -0.4 is 11.1 Å². The molecule has 0 radical (unpaired) electrons. The summed E-state index contributed by atoms with van der Waals surface area (Å²) in [5, 5.41) is 3.13. The first-order valence-corrected chi connectivity index (χ1v) is 10.4. The number of carbonyl (C=O) groups is 3. The van der Waals surface area contributed by atoms with Gasteiger partial charge in [-0.05, 0) is 43.4 Å². The Morgan fingerprint density at radius 1 is 1.15 bits per heavy atom. The second kappa shape index (κ2) is 9.05. The van der Waals surface area contributed by atoms with Crippen molar-refractivity contribution in [2.45, 2.75) is 30.6 Å². The van der Waals surface area contributed by atoms with Crippen LogP contribution in [0.4, 0.5) is 5.00 Å².